The van der Waals surface area contributed by atoms with Gasteiger partial charge in [-0.1, -0.05) is 366 Å². The number of hydrogen-bond acceptors (Lipinski definition) is 5. The van der Waals surface area contributed by atoms with Gasteiger partial charge in [-0.25, -0.2) is 0 Å². The van der Waals surface area contributed by atoms with E-state index in [9.17, 15) is 19.8 Å². The second-order valence-electron chi connectivity index (χ2n) is 25.3. The summed E-state index contributed by atoms with van der Waals surface area (Å²) in [5.41, 5.74) is 0. The van der Waals surface area contributed by atoms with Crippen molar-refractivity contribution < 1.29 is 24.5 Å². The molecule has 2 unspecified atom stereocenters. The number of esters is 1. The number of unbranched alkanes of at least 4 members (excludes halogenated alkanes) is 56. The number of allylic oxidation sites excluding steroid dienone is 3. The number of rotatable bonds is 69. The number of carbonyl (C=O) groups excluding carboxylic acids is 2. The molecule has 0 aromatic heterocycles. The zero-order valence-corrected chi connectivity index (χ0v) is 54.3. The molecule has 0 aliphatic heterocycles. The van der Waals surface area contributed by atoms with Gasteiger partial charge < -0.3 is 20.3 Å². The van der Waals surface area contributed by atoms with Crippen molar-refractivity contribution in [1.29, 1.82) is 0 Å². The van der Waals surface area contributed by atoms with Crippen LogP contribution in [0.3, 0.4) is 0 Å². The monoisotopic (exact) mass is 1130 g/mol. The molecule has 0 radical (unpaired) electrons. The highest BCUT2D eigenvalue weighted by atomic mass is 16.5. The van der Waals surface area contributed by atoms with Gasteiger partial charge in [0, 0.05) is 12.8 Å². The van der Waals surface area contributed by atoms with Crippen molar-refractivity contribution in [2.24, 2.45) is 0 Å². The average molecular weight is 1130 g/mol. The Hall–Kier alpha value is -1.66. The molecule has 0 bridgehead atoms. The van der Waals surface area contributed by atoms with Gasteiger partial charge in [0.15, 0.2) is 0 Å². The van der Waals surface area contributed by atoms with Gasteiger partial charge in [-0.2, -0.15) is 0 Å². The lowest BCUT2D eigenvalue weighted by molar-refractivity contribution is -0.143. The molecule has 0 rings (SSSR count). The van der Waals surface area contributed by atoms with Crippen LogP contribution in [0.5, 0.6) is 0 Å². The van der Waals surface area contributed by atoms with Gasteiger partial charge in [0.1, 0.15) is 0 Å². The summed E-state index contributed by atoms with van der Waals surface area (Å²) in [4.78, 5) is 24.6. The van der Waals surface area contributed by atoms with Crippen LogP contribution >= 0.6 is 0 Å². The smallest absolute Gasteiger partial charge is 0.305 e. The Morgan fingerprint density at radius 3 is 0.887 bits per heavy atom. The van der Waals surface area contributed by atoms with Gasteiger partial charge in [-0.3, -0.25) is 9.59 Å². The van der Waals surface area contributed by atoms with Crippen molar-refractivity contribution in [3.8, 4) is 0 Å². The maximum Gasteiger partial charge on any atom is 0.305 e. The fourth-order valence-corrected chi connectivity index (χ4v) is 11.6. The third kappa shape index (κ3) is 65.5. The van der Waals surface area contributed by atoms with Gasteiger partial charge in [-0.05, 0) is 57.8 Å². The normalized spacial score (nSPS) is 12.6. The van der Waals surface area contributed by atoms with E-state index in [4.69, 9.17) is 4.74 Å². The third-order valence-corrected chi connectivity index (χ3v) is 17.2. The Balaban J connectivity index is 3.37. The second kappa shape index (κ2) is 69.8. The molecular weight excluding hydrogens is 983 g/mol. The highest BCUT2D eigenvalue weighted by molar-refractivity contribution is 5.76. The van der Waals surface area contributed by atoms with E-state index in [1.807, 2.05) is 6.08 Å². The van der Waals surface area contributed by atoms with Crippen molar-refractivity contribution in [3.05, 3.63) is 24.3 Å². The van der Waals surface area contributed by atoms with Crippen LogP contribution in [0.15, 0.2) is 24.3 Å². The minimum Gasteiger partial charge on any atom is -0.466 e. The van der Waals surface area contributed by atoms with E-state index in [1.165, 1.54) is 347 Å². The van der Waals surface area contributed by atoms with Gasteiger partial charge >= 0.3 is 5.97 Å². The zero-order valence-electron chi connectivity index (χ0n) is 54.3. The first-order chi connectivity index (χ1) is 39.5. The van der Waals surface area contributed by atoms with Gasteiger partial charge in [0.25, 0.3) is 0 Å². The fourth-order valence-electron chi connectivity index (χ4n) is 11.6. The molecule has 0 aromatic carbocycles. The lowest BCUT2D eigenvalue weighted by atomic mass is 10.0. The van der Waals surface area contributed by atoms with E-state index < -0.39 is 12.1 Å². The highest BCUT2D eigenvalue weighted by Gasteiger charge is 2.18. The summed E-state index contributed by atoms with van der Waals surface area (Å²) < 4.78 is 5.50. The molecule has 0 fully saturated rings. The van der Waals surface area contributed by atoms with Gasteiger partial charge in [0.05, 0.1) is 25.4 Å². The number of carbonyl (C=O) groups is 2. The Morgan fingerprint density at radius 1 is 0.338 bits per heavy atom. The predicted octanol–water partition coefficient (Wildman–Crippen LogP) is 23.7. The van der Waals surface area contributed by atoms with Crippen LogP contribution in [0.25, 0.3) is 0 Å². The van der Waals surface area contributed by atoms with Crippen molar-refractivity contribution in [1.82, 2.24) is 5.32 Å². The summed E-state index contributed by atoms with van der Waals surface area (Å²) in [7, 11) is 0. The van der Waals surface area contributed by atoms with E-state index in [1.54, 1.807) is 6.08 Å². The minimum absolute atomic E-state index is 0.0205. The zero-order chi connectivity index (χ0) is 57.8. The SMILES string of the molecule is CCCCCCCCCCCCCCCCCC/C=C/C(O)C(CO)NC(=O)CCCCCCCCCCCCCCCC/C=C\CCCCCCCCCCCCCCOC(=O)CCCCCCCCCCCCCCCCC. The molecule has 0 aliphatic carbocycles. The maximum atomic E-state index is 12.5. The number of ether oxygens (including phenoxy) is 1. The van der Waals surface area contributed by atoms with Crippen LogP contribution in [0.4, 0.5) is 0 Å². The van der Waals surface area contributed by atoms with E-state index in [-0.39, 0.29) is 18.5 Å². The lowest BCUT2D eigenvalue weighted by Gasteiger charge is -2.20. The van der Waals surface area contributed by atoms with E-state index in [2.05, 4.69) is 31.3 Å². The molecule has 0 aromatic rings. The number of amides is 1. The van der Waals surface area contributed by atoms with Crippen LogP contribution in [0.2, 0.25) is 0 Å². The molecule has 0 spiro atoms. The van der Waals surface area contributed by atoms with Crippen molar-refractivity contribution in [2.75, 3.05) is 13.2 Å². The molecule has 2 atom stereocenters. The second-order valence-corrected chi connectivity index (χ2v) is 25.3. The molecule has 6 nitrogen and oxygen atoms in total. The Labute approximate surface area is 501 Å². The highest BCUT2D eigenvalue weighted by Crippen LogP contribution is 2.19. The summed E-state index contributed by atoms with van der Waals surface area (Å²) >= 11 is 0. The first kappa shape index (κ1) is 78.3. The molecule has 1 amide bonds. The summed E-state index contributed by atoms with van der Waals surface area (Å²) in [6.45, 7) is 4.95. The molecule has 80 heavy (non-hydrogen) atoms. The first-order valence-electron chi connectivity index (χ1n) is 36.6. The lowest BCUT2D eigenvalue weighted by Crippen LogP contribution is -2.45. The summed E-state index contributed by atoms with van der Waals surface area (Å²) in [6.07, 6.45) is 88.4. The summed E-state index contributed by atoms with van der Waals surface area (Å²) in [5, 5.41) is 23.2. The third-order valence-electron chi connectivity index (χ3n) is 17.2. The van der Waals surface area contributed by atoms with Crippen LogP contribution in [-0.4, -0.2) is 47.4 Å². The first-order valence-corrected chi connectivity index (χ1v) is 36.6. The average Bonchev–Trinajstić information content (AvgIpc) is 3.46. The Kier molecular flexibility index (Phi) is 68.4. The topological polar surface area (TPSA) is 95.9 Å². The van der Waals surface area contributed by atoms with E-state index in [0.29, 0.717) is 19.4 Å². The number of nitrogens with one attached hydrogen (secondary N) is 1. The Bertz CT molecular complexity index is 1250. The van der Waals surface area contributed by atoms with Crippen molar-refractivity contribution in [3.63, 3.8) is 0 Å². The molecule has 0 saturated carbocycles. The van der Waals surface area contributed by atoms with Crippen LogP contribution in [0, 0.1) is 0 Å². The number of aliphatic hydroxyl groups excluding tert-OH is 2. The minimum atomic E-state index is -0.844. The number of aliphatic hydroxyl groups is 2. The molecule has 0 saturated heterocycles. The summed E-state index contributed by atoms with van der Waals surface area (Å²) in [5.74, 6) is -0.0424. The molecule has 474 valence electrons. The Morgan fingerprint density at radius 2 is 0.588 bits per heavy atom. The number of hydrogen-bond donors (Lipinski definition) is 3. The molecular formula is C74H143NO5. The van der Waals surface area contributed by atoms with Crippen LogP contribution < -0.4 is 5.32 Å². The quantitative estimate of drug-likeness (QED) is 0.0320. The standard InChI is InChI=1S/C74H143NO5/c1-3-5-7-9-11-13-15-17-19-20-35-39-42-46-50-54-58-62-66-72(77)71(70-76)75-73(78)67-63-59-55-51-47-43-40-36-33-31-29-27-25-23-21-22-24-26-28-30-32-34-37-41-45-49-53-57-61-65-69-80-74(79)68-64-60-56-52-48-44-38-18-16-14-12-10-8-6-4-2/h22,24,62,66,71-72,76-77H,3-21,23,25-61,63-65,67-70H2,1-2H3,(H,75,78)/b24-22-,66-62+. The van der Waals surface area contributed by atoms with E-state index in [0.717, 1.165) is 38.5 Å². The maximum absolute atomic E-state index is 12.5. The van der Waals surface area contributed by atoms with Crippen LogP contribution in [0.1, 0.15) is 412 Å². The molecule has 3 N–H and O–H groups in total. The van der Waals surface area contributed by atoms with Crippen molar-refractivity contribution >= 4 is 11.9 Å². The van der Waals surface area contributed by atoms with Crippen LogP contribution in [-0.2, 0) is 14.3 Å². The molecule has 0 heterocycles. The van der Waals surface area contributed by atoms with Gasteiger partial charge in [0.2, 0.25) is 5.91 Å². The molecule has 0 aliphatic rings. The van der Waals surface area contributed by atoms with Crippen molar-refractivity contribution in [2.45, 2.75) is 424 Å². The fraction of sp³-hybridized carbons (Fsp3) is 0.919. The predicted molar refractivity (Wildman–Crippen MR) is 352 cm³/mol. The van der Waals surface area contributed by atoms with Gasteiger partial charge in [-0.15, -0.1) is 0 Å². The largest absolute Gasteiger partial charge is 0.466 e. The molecule has 6 heteroatoms. The van der Waals surface area contributed by atoms with E-state index >= 15 is 0 Å². The summed E-state index contributed by atoms with van der Waals surface area (Å²) in [6, 6.07) is -0.627.